The molecule has 0 bridgehead atoms. The van der Waals surface area contributed by atoms with Crippen LogP contribution in [0, 0.1) is 0 Å². The van der Waals surface area contributed by atoms with Crippen molar-refractivity contribution in [2.45, 2.75) is 46.0 Å². The van der Waals surface area contributed by atoms with Crippen LogP contribution in [0.4, 0.5) is 0 Å². The molecule has 0 saturated carbocycles. The first kappa shape index (κ1) is 16.7. The van der Waals surface area contributed by atoms with Crippen LogP contribution in [-0.4, -0.2) is 26.4 Å². The quantitative estimate of drug-likeness (QED) is 0.630. The molecular formula is C17H26BNO. The molecule has 108 valence electrons. The minimum absolute atomic E-state index is 0.664. The summed E-state index contributed by atoms with van der Waals surface area (Å²) < 4.78 is 5.52. The molecule has 20 heavy (non-hydrogen) atoms. The van der Waals surface area contributed by atoms with Crippen molar-refractivity contribution in [3.05, 3.63) is 41.6 Å². The van der Waals surface area contributed by atoms with Gasteiger partial charge in [0, 0.05) is 24.4 Å². The number of aryl methyl sites for hydroxylation is 1. The highest BCUT2D eigenvalue weighted by Gasteiger charge is 2.10. The molecule has 0 amide bonds. The SMILES string of the molecule is [B]CCc1ccc(CN(CCCC)C(=C)C)c(OC)c1. The number of allylic oxidation sites excluding steroid dienone is 1. The third-order valence-corrected chi connectivity index (χ3v) is 3.47. The van der Waals surface area contributed by atoms with Crippen LogP contribution in [0.5, 0.6) is 5.75 Å². The molecule has 0 unspecified atom stereocenters. The van der Waals surface area contributed by atoms with Crippen LogP contribution in [0.3, 0.4) is 0 Å². The van der Waals surface area contributed by atoms with Gasteiger partial charge in [0.25, 0.3) is 0 Å². The van der Waals surface area contributed by atoms with E-state index >= 15 is 0 Å². The van der Waals surface area contributed by atoms with Crippen LogP contribution in [0.25, 0.3) is 0 Å². The lowest BCUT2D eigenvalue weighted by atomic mass is 9.96. The minimum Gasteiger partial charge on any atom is -0.496 e. The lowest BCUT2D eigenvalue weighted by Crippen LogP contribution is -2.22. The molecule has 0 aliphatic heterocycles. The van der Waals surface area contributed by atoms with Crippen LogP contribution in [0.15, 0.2) is 30.5 Å². The molecular weight excluding hydrogens is 245 g/mol. The van der Waals surface area contributed by atoms with Gasteiger partial charge in [0.05, 0.1) is 15.0 Å². The third kappa shape index (κ3) is 4.95. The molecule has 1 aromatic carbocycles. The van der Waals surface area contributed by atoms with Gasteiger partial charge in [-0.3, -0.25) is 0 Å². The number of ether oxygens (including phenoxy) is 1. The average Bonchev–Trinajstić information content (AvgIpc) is 2.44. The monoisotopic (exact) mass is 271 g/mol. The number of methoxy groups -OCH3 is 1. The zero-order valence-electron chi connectivity index (χ0n) is 13.1. The average molecular weight is 271 g/mol. The van der Waals surface area contributed by atoms with Gasteiger partial charge >= 0.3 is 0 Å². The van der Waals surface area contributed by atoms with Gasteiger partial charge in [0.2, 0.25) is 0 Å². The topological polar surface area (TPSA) is 12.5 Å². The van der Waals surface area contributed by atoms with Crippen molar-refractivity contribution < 1.29 is 4.74 Å². The van der Waals surface area contributed by atoms with E-state index in [0.29, 0.717) is 6.32 Å². The molecule has 0 aliphatic carbocycles. The second kappa shape index (κ2) is 8.73. The zero-order valence-corrected chi connectivity index (χ0v) is 13.1. The predicted octanol–water partition coefficient (Wildman–Crippen LogP) is 3.96. The summed E-state index contributed by atoms with van der Waals surface area (Å²) in [6.45, 7) is 10.2. The lowest BCUT2D eigenvalue weighted by Gasteiger charge is -2.25. The van der Waals surface area contributed by atoms with E-state index in [-0.39, 0.29) is 0 Å². The van der Waals surface area contributed by atoms with Crippen molar-refractivity contribution in [1.82, 2.24) is 4.90 Å². The molecule has 2 radical (unpaired) electrons. The number of benzene rings is 1. The number of hydrogen-bond donors (Lipinski definition) is 0. The first-order valence-corrected chi connectivity index (χ1v) is 7.38. The minimum atomic E-state index is 0.664. The van der Waals surface area contributed by atoms with Gasteiger partial charge in [-0.25, -0.2) is 0 Å². The van der Waals surface area contributed by atoms with E-state index in [4.69, 9.17) is 12.6 Å². The standard InChI is InChI=1S/C17H26BNO/c1-5-6-11-19(14(2)3)13-16-8-7-15(9-10-18)12-17(16)20-4/h7-8,12H,2,5-6,9-11,13H2,1,3-4H3. The Kier molecular flexibility index (Phi) is 7.28. The molecule has 0 atom stereocenters. The van der Waals surface area contributed by atoms with E-state index in [1.54, 1.807) is 7.11 Å². The Morgan fingerprint density at radius 3 is 2.70 bits per heavy atom. The Morgan fingerprint density at radius 2 is 2.15 bits per heavy atom. The van der Waals surface area contributed by atoms with Gasteiger partial charge in [-0.05, 0) is 31.4 Å². The predicted molar refractivity (Wildman–Crippen MR) is 87.4 cm³/mol. The fourth-order valence-corrected chi connectivity index (χ4v) is 2.20. The van der Waals surface area contributed by atoms with Gasteiger partial charge < -0.3 is 9.64 Å². The van der Waals surface area contributed by atoms with Crippen molar-refractivity contribution in [2.75, 3.05) is 13.7 Å². The maximum Gasteiger partial charge on any atom is 0.124 e. The van der Waals surface area contributed by atoms with Crippen LogP contribution in [-0.2, 0) is 13.0 Å². The van der Waals surface area contributed by atoms with Gasteiger partial charge in [-0.2, -0.15) is 0 Å². The van der Waals surface area contributed by atoms with Gasteiger partial charge in [-0.1, -0.05) is 38.4 Å². The van der Waals surface area contributed by atoms with Gasteiger partial charge in [0.1, 0.15) is 5.75 Å². The fraction of sp³-hybridized carbons (Fsp3) is 0.529. The largest absolute Gasteiger partial charge is 0.496 e. The Bertz CT molecular complexity index is 431. The fourth-order valence-electron chi connectivity index (χ4n) is 2.20. The summed E-state index contributed by atoms with van der Waals surface area (Å²) >= 11 is 0. The molecule has 0 spiro atoms. The smallest absolute Gasteiger partial charge is 0.124 e. The van der Waals surface area contributed by atoms with Crippen molar-refractivity contribution in [3.63, 3.8) is 0 Å². The second-order valence-electron chi connectivity index (χ2n) is 5.20. The summed E-state index contributed by atoms with van der Waals surface area (Å²) in [6.07, 6.45) is 3.92. The first-order chi connectivity index (χ1) is 9.62. The van der Waals surface area contributed by atoms with E-state index in [1.807, 2.05) is 0 Å². The Balaban J connectivity index is 2.85. The molecule has 3 heteroatoms. The van der Waals surface area contributed by atoms with Gasteiger partial charge in [0.15, 0.2) is 0 Å². The summed E-state index contributed by atoms with van der Waals surface area (Å²) in [5, 5.41) is 0. The van der Waals surface area contributed by atoms with Crippen LogP contribution in [0.1, 0.15) is 37.8 Å². The molecule has 0 aromatic heterocycles. The zero-order chi connectivity index (χ0) is 15.0. The maximum atomic E-state index is 5.60. The normalized spacial score (nSPS) is 10.3. The van der Waals surface area contributed by atoms with E-state index in [2.05, 4.69) is 43.5 Å². The third-order valence-electron chi connectivity index (χ3n) is 3.47. The highest BCUT2D eigenvalue weighted by atomic mass is 16.5. The van der Waals surface area contributed by atoms with Gasteiger partial charge in [-0.15, -0.1) is 0 Å². The highest BCUT2D eigenvalue weighted by Crippen LogP contribution is 2.24. The van der Waals surface area contributed by atoms with E-state index < -0.39 is 0 Å². The molecule has 1 aromatic rings. The van der Waals surface area contributed by atoms with E-state index in [9.17, 15) is 0 Å². The lowest BCUT2D eigenvalue weighted by molar-refractivity contribution is 0.322. The molecule has 0 fully saturated rings. The molecule has 0 aliphatic rings. The van der Waals surface area contributed by atoms with E-state index in [0.717, 1.165) is 31.0 Å². The van der Waals surface area contributed by atoms with Crippen molar-refractivity contribution >= 4 is 7.85 Å². The van der Waals surface area contributed by atoms with Crippen LogP contribution in [0.2, 0.25) is 6.32 Å². The molecule has 0 N–H and O–H groups in total. The molecule has 0 heterocycles. The summed E-state index contributed by atoms with van der Waals surface area (Å²) in [5.41, 5.74) is 3.53. The van der Waals surface area contributed by atoms with Crippen molar-refractivity contribution in [2.24, 2.45) is 0 Å². The van der Waals surface area contributed by atoms with Crippen molar-refractivity contribution in [1.29, 1.82) is 0 Å². The molecule has 2 nitrogen and oxygen atoms in total. The second-order valence-corrected chi connectivity index (χ2v) is 5.20. The number of unbranched alkanes of at least 4 members (excludes halogenated alkanes) is 1. The number of hydrogen-bond acceptors (Lipinski definition) is 2. The maximum absolute atomic E-state index is 5.60. The van der Waals surface area contributed by atoms with E-state index in [1.165, 1.54) is 24.0 Å². The Hall–Kier alpha value is -1.38. The number of nitrogens with zero attached hydrogens (tertiary/aromatic N) is 1. The highest BCUT2D eigenvalue weighted by molar-refractivity contribution is 6.08. The number of rotatable bonds is 9. The summed E-state index contributed by atoms with van der Waals surface area (Å²) in [5.74, 6) is 0.943. The summed E-state index contributed by atoms with van der Waals surface area (Å²) in [6, 6.07) is 6.38. The summed E-state index contributed by atoms with van der Waals surface area (Å²) in [7, 11) is 7.33. The van der Waals surface area contributed by atoms with Crippen LogP contribution < -0.4 is 4.74 Å². The van der Waals surface area contributed by atoms with Crippen molar-refractivity contribution in [3.8, 4) is 5.75 Å². The Morgan fingerprint density at radius 1 is 1.40 bits per heavy atom. The van der Waals surface area contributed by atoms with Crippen LogP contribution >= 0.6 is 0 Å². The summed E-state index contributed by atoms with van der Waals surface area (Å²) in [4.78, 5) is 2.31. The Labute approximate surface area is 125 Å². The molecule has 0 saturated heterocycles. The molecule has 1 rings (SSSR count). The first-order valence-electron chi connectivity index (χ1n) is 7.38.